The Balaban J connectivity index is 1.37. The normalized spacial score (nSPS) is 15.6. The number of amides is 2. The number of hydrogen-bond acceptors (Lipinski definition) is 4. The molecule has 0 unspecified atom stereocenters. The number of aryl methyl sites for hydroxylation is 1. The lowest BCUT2D eigenvalue weighted by Crippen LogP contribution is -2.28. The summed E-state index contributed by atoms with van der Waals surface area (Å²) < 4.78 is 11.0. The van der Waals surface area contributed by atoms with Crippen LogP contribution in [0, 0.1) is 12.8 Å². The average molecular weight is 416 g/mol. The first-order valence-electron chi connectivity index (χ1n) is 10.1. The van der Waals surface area contributed by atoms with E-state index < -0.39 is 5.92 Å². The van der Waals surface area contributed by atoms with Crippen LogP contribution in [0.25, 0.3) is 0 Å². The Morgan fingerprint density at radius 2 is 1.65 bits per heavy atom. The Morgan fingerprint density at radius 3 is 2.32 bits per heavy atom. The summed E-state index contributed by atoms with van der Waals surface area (Å²) in [5, 5.41) is 2.90. The van der Waals surface area contributed by atoms with Crippen LogP contribution in [0.1, 0.15) is 12.0 Å². The van der Waals surface area contributed by atoms with Gasteiger partial charge in [-0.2, -0.15) is 0 Å². The highest BCUT2D eigenvalue weighted by Crippen LogP contribution is 2.29. The molecule has 1 N–H and O–H groups in total. The highest BCUT2D eigenvalue weighted by Gasteiger charge is 2.35. The molecule has 0 saturated carbocycles. The topological polar surface area (TPSA) is 67.9 Å². The van der Waals surface area contributed by atoms with Crippen molar-refractivity contribution < 1.29 is 19.1 Å². The maximum Gasteiger partial charge on any atom is 0.229 e. The van der Waals surface area contributed by atoms with Gasteiger partial charge in [-0.1, -0.05) is 18.2 Å². The van der Waals surface area contributed by atoms with Crippen molar-refractivity contribution in [3.8, 4) is 17.2 Å². The highest BCUT2D eigenvalue weighted by atomic mass is 16.5. The van der Waals surface area contributed by atoms with Gasteiger partial charge in [0.15, 0.2) is 0 Å². The standard InChI is InChI=1S/C25H24N2O4/c1-17-5-3-4-6-23(17)31-22-11-7-19(8-12-22)26-25(29)18-15-24(28)27(16-18)20-9-13-21(30-2)14-10-20/h3-14,18H,15-16H2,1-2H3,(H,26,29)/t18-/m1/s1. The van der Waals surface area contributed by atoms with E-state index in [1.165, 1.54) is 0 Å². The van der Waals surface area contributed by atoms with Gasteiger partial charge in [0.1, 0.15) is 17.2 Å². The third-order valence-electron chi connectivity index (χ3n) is 5.32. The van der Waals surface area contributed by atoms with E-state index in [0.717, 1.165) is 22.7 Å². The number of benzene rings is 3. The van der Waals surface area contributed by atoms with Gasteiger partial charge in [-0.25, -0.2) is 0 Å². The fourth-order valence-corrected chi connectivity index (χ4v) is 3.54. The van der Waals surface area contributed by atoms with Crippen molar-refractivity contribution >= 4 is 23.2 Å². The van der Waals surface area contributed by atoms with Crippen molar-refractivity contribution in [1.29, 1.82) is 0 Å². The molecule has 3 aromatic carbocycles. The summed E-state index contributed by atoms with van der Waals surface area (Å²) in [6.07, 6.45) is 0.187. The zero-order chi connectivity index (χ0) is 21.8. The zero-order valence-corrected chi connectivity index (χ0v) is 17.5. The lowest BCUT2D eigenvalue weighted by molar-refractivity contribution is -0.122. The van der Waals surface area contributed by atoms with E-state index in [4.69, 9.17) is 9.47 Å². The number of rotatable bonds is 6. The van der Waals surface area contributed by atoms with E-state index in [9.17, 15) is 9.59 Å². The molecule has 0 bridgehead atoms. The number of carbonyl (C=O) groups excluding carboxylic acids is 2. The largest absolute Gasteiger partial charge is 0.497 e. The minimum Gasteiger partial charge on any atom is -0.497 e. The van der Waals surface area contributed by atoms with Crippen LogP contribution in [0.2, 0.25) is 0 Å². The van der Waals surface area contributed by atoms with Crippen molar-refractivity contribution in [1.82, 2.24) is 0 Å². The summed E-state index contributed by atoms with van der Waals surface area (Å²) in [4.78, 5) is 26.8. The molecule has 6 heteroatoms. The van der Waals surface area contributed by atoms with Crippen LogP contribution in [0.3, 0.4) is 0 Å². The summed E-state index contributed by atoms with van der Waals surface area (Å²) in [7, 11) is 1.59. The summed E-state index contributed by atoms with van der Waals surface area (Å²) in [6, 6.07) is 22.3. The molecule has 1 heterocycles. The second kappa shape index (κ2) is 8.92. The molecule has 4 rings (SSSR count). The molecule has 6 nitrogen and oxygen atoms in total. The molecule has 0 radical (unpaired) electrons. The van der Waals surface area contributed by atoms with Gasteiger partial charge in [0.25, 0.3) is 0 Å². The zero-order valence-electron chi connectivity index (χ0n) is 17.5. The van der Waals surface area contributed by atoms with Crippen molar-refractivity contribution in [2.45, 2.75) is 13.3 Å². The van der Waals surface area contributed by atoms with Crippen molar-refractivity contribution in [2.24, 2.45) is 5.92 Å². The minimum absolute atomic E-state index is 0.0627. The monoisotopic (exact) mass is 416 g/mol. The first-order valence-corrected chi connectivity index (χ1v) is 10.1. The summed E-state index contributed by atoms with van der Waals surface area (Å²) >= 11 is 0. The average Bonchev–Trinajstić information content (AvgIpc) is 3.18. The molecular weight excluding hydrogens is 392 g/mol. The molecule has 158 valence electrons. The number of nitrogens with one attached hydrogen (secondary N) is 1. The molecule has 3 aromatic rings. The minimum atomic E-state index is -0.405. The quantitative estimate of drug-likeness (QED) is 0.628. The van der Waals surface area contributed by atoms with Crippen LogP contribution in [0.5, 0.6) is 17.2 Å². The molecule has 1 saturated heterocycles. The number of anilines is 2. The predicted octanol–water partition coefficient (Wildman–Crippen LogP) is 4.79. The summed E-state index contributed by atoms with van der Waals surface area (Å²) in [5.41, 5.74) is 2.48. The van der Waals surface area contributed by atoms with Crippen molar-refractivity contribution in [3.63, 3.8) is 0 Å². The van der Waals surface area contributed by atoms with Crippen molar-refractivity contribution in [2.75, 3.05) is 23.9 Å². The van der Waals surface area contributed by atoms with Gasteiger partial charge in [-0.15, -0.1) is 0 Å². The van der Waals surface area contributed by atoms with E-state index >= 15 is 0 Å². The van der Waals surface area contributed by atoms with Gasteiger partial charge < -0.3 is 19.7 Å². The molecule has 0 spiro atoms. The van der Waals surface area contributed by atoms with Gasteiger partial charge in [-0.3, -0.25) is 9.59 Å². The fraction of sp³-hybridized carbons (Fsp3) is 0.200. The number of methoxy groups -OCH3 is 1. The van der Waals surface area contributed by atoms with Crippen LogP contribution < -0.4 is 19.7 Å². The van der Waals surface area contributed by atoms with E-state index in [0.29, 0.717) is 18.0 Å². The molecule has 1 atom stereocenters. The molecule has 1 aliphatic rings. The first-order chi connectivity index (χ1) is 15.0. The Morgan fingerprint density at radius 1 is 0.968 bits per heavy atom. The Kier molecular flexibility index (Phi) is 5.89. The number of nitrogens with zero attached hydrogens (tertiary/aromatic N) is 1. The smallest absolute Gasteiger partial charge is 0.229 e. The number of hydrogen-bond donors (Lipinski definition) is 1. The number of para-hydroxylation sites is 1. The molecule has 1 aliphatic heterocycles. The van der Waals surface area contributed by atoms with Crippen LogP contribution >= 0.6 is 0 Å². The molecule has 2 amide bonds. The molecule has 0 aromatic heterocycles. The molecule has 31 heavy (non-hydrogen) atoms. The van der Waals surface area contributed by atoms with Gasteiger partial charge in [0.2, 0.25) is 11.8 Å². The van der Waals surface area contributed by atoms with E-state index in [-0.39, 0.29) is 18.2 Å². The number of carbonyl (C=O) groups is 2. The predicted molar refractivity (Wildman–Crippen MR) is 120 cm³/mol. The molecule has 1 fully saturated rings. The van der Waals surface area contributed by atoms with Gasteiger partial charge in [0.05, 0.1) is 13.0 Å². The van der Waals surface area contributed by atoms with Crippen LogP contribution in [0.15, 0.2) is 72.8 Å². The lowest BCUT2D eigenvalue weighted by Gasteiger charge is -2.17. The van der Waals surface area contributed by atoms with Gasteiger partial charge >= 0.3 is 0 Å². The summed E-state index contributed by atoms with van der Waals surface area (Å²) in [6.45, 7) is 2.34. The first kappa shape index (κ1) is 20.5. The van der Waals surface area contributed by atoms with Gasteiger partial charge in [0, 0.05) is 24.3 Å². The van der Waals surface area contributed by atoms with Gasteiger partial charge in [-0.05, 0) is 67.1 Å². The second-order valence-corrected chi connectivity index (χ2v) is 7.48. The SMILES string of the molecule is COc1ccc(N2C[C@H](C(=O)Nc3ccc(Oc4ccccc4C)cc3)CC2=O)cc1. The maximum atomic E-state index is 12.7. The van der Waals surface area contributed by atoms with E-state index in [1.54, 1.807) is 36.3 Å². The second-order valence-electron chi connectivity index (χ2n) is 7.48. The third-order valence-corrected chi connectivity index (χ3v) is 5.32. The third kappa shape index (κ3) is 4.69. The highest BCUT2D eigenvalue weighted by molar-refractivity contribution is 6.03. The van der Waals surface area contributed by atoms with E-state index in [1.807, 2.05) is 55.5 Å². The van der Waals surface area contributed by atoms with Crippen LogP contribution in [-0.2, 0) is 9.59 Å². The van der Waals surface area contributed by atoms with Crippen LogP contribution in [0.4, 0.5) is 11.4 Å². The number of ether oxygens (including phenoxy) is 2. The maximum absolute atomic E-state index is 12.7. The van der Waals surface area contributed by atoms with E-state index in [2.05, 4.69) is 5.32 Å². The summed E-state index contributed by atoms with van der Waals surface area (Å²) in [5.74, 6) is 1.57. The Bertz CT molecular complexity index is 1080. The van der Waals surface area contributed by atoms with Crippen molar-refractivity contribution in [3.05, 3.63) is 78.4 Å². The molecular formula is C25H24N2O4. The lowest BCUT2D eigenvalue weighted by atomic mass is 10.1. The molecule has 0 aliphatic carbocycles. The van der Waals surface area contributed by atoms with Crippen LogP contribution in [-0.4, -0.2) is 25.5 Å². The Labute approximate surface area is 181 Å². The fourth-order valence-electron chi connectivity index (χ4n) is 3.54. The Hall–Kier alpha value is -3.80.